The summed E-state index contributed by atoms with van der Waals surface area (Å²) in [4.78, 5) is 27.6. The maximum Gasteiger partial charge on any atom is 0.309 e. The van der Waals surface area contributed by atoms with Crippen molar-refractivity contribution in [2.24, 2.45) is 5.92 Å². The molecule has 97 valence electrons. The van der Waals surface area contributed by atoms with Gasteiger partial charge in [-0.1, -0.05) is 12.8 Å². The van der Waals surface area contributed by atoms with Crippen molar-refractivity contribution in [2.75, 3.05) is 0 Å². The molecular formula is C12H20NO4. The van der Waals surface area contributed by atoms with Gasteiger partial charge in [-0.2, -0.15) is 0 Å². The highest BCUT2D eigenvalue weighted by Gasteiger charge is 2.37. The summed E-state index contributed by atoms with van der Waals surface area (Å²) in [6.07, 6.45) is 3.51. The fourth-order valence-electron chi connectivity index (χ4n) is 1.97. The Hall–Kier alpha value is -1.10. The van der Waals surface area contributed by atoms with Crippen molar-refractivity contribution in [1.29, 1.82) is 0 Å². The second-order valence-electron chi connectivity index (χ2n) is 5.26. The molecule has 0 aliphatic heterocycles. The molecule has 1 rings (SSSR count). The first kappa shape index (κ1) is 14.0. The highest BCUT2D eigenvalue weighted by Crippen LogP contribution is 2.35. The zero-order valence-electron chi connectivity index (χ0n) is 10.6. The van der Waals surface area contributed by atoms with E-state index in [0.29, 0.717) is 25.3 Å². The van der Waals surface area contributed by atoms with E-state index in [1.807, 2.05) is 20.8 Å². The topological polar surface area (TPSA) is 66.8 Å². The van der Waals surface area contributed by atoms with Crippen molar-refractivity contribution in [2.45, 2.75) is 52.1 Å². The van der Waals surface area contributed by atoms with Gasteiger partial charge in [0.2, 0.25) is 6.41 Å². The van der Waals surface area contributed by atoms with Gasteiger partial charge in [0.25, 0.3) is 0 Å². The van der Waals surface area contributed by atoms with Crippen LogP contribution >= 0.6 is 0 Å². The minimum Gasteiger partial charge on any atom is -0.481 e. The number of amides is 1. The molecule has 5 heteroatoms. The van der Waals surface area contributed by atoms with Gasteiger partial charge in [0.05, 0.1) is 11.5 Å². The van der Waals surface area contributed by atoms with E-state index in [0.717, 1.165) is 17.9 Å². The zero-order valence-corrected chi connectivity index (χ0v) is 10.6. The average molecular weight is 242 g/mol. The third-order valence-corrected chi connectivity index (χ3v) is 2.63. The van der Waals surface area contributed by atoms with Crippen LogP contribution in [0.15, 0.2) is 0 Å². The van der Waals surface area contributed by atoms with E-state index >= 15 is 0 Å². The molecule has 1 N–H and O–H groups in total. The van der Waals surface area contributed by atoms with Crippen LogP contribution in [0.5, 0.6) is 0 Å². The zero-order chi connectivity index (χ0) is 13.1. The third-order valence-electron chi connectivity index (χ3n) is 2.63. The minimum atomic E-state index is -0.885. The lowest BCUT2D eigenvalue weighted by Crippen LogP contribution is -2.42. The fourth-order valence-corrected chi connectivity index (χ4v) is 1.97. The maximum atomic E-state index is 11.1. The number of carboxylic acid groups (broad SMARTS) is 1. The molecule has 1 atom stereocenters. The first-order valence-electron chi connectivity index (χ1n) is 5.87. The minimum absolute atomic E-state index is 0.519. The number of aliphatic carboxylic acids is 1. The summed E-state index contributed by atoms with van der Waals surface area (Å²) in [7, 11) is 0. The fraction of sp³-hybridized carbons (Fsp3) is 0.750. The summed E-state index contributed by atoms with van der Waals surface area (Å²) in [6, 6.07) is 0.564. The number of hydrogen-bond acceptors (Lipinski definition) is 3. The summed E-state index contributed by atoms with van der Waals surface area (Å²) >= 11 is 0. The standard InChI is InChI=1S/C12H20NO4/c1-12(2,3)17-13(8-14)10-7-5-4-6-9(10)11(15)16/h8-9H,4-7H2,1-3H3,(H,15,16). The molecular weight excluding hydrogens is 222 g/mol. The molecule has 0 heterocycles. The van der Waals surface area contributed by atoms with Crippen molar-refractivity contribution in [3.05, 3.63) is 6.04 Å². The van der Waals surface area contributed by atoms with Crippen molar-refractivity contribution >= 4 is 12.4 Å². The lowest BCUT2D eigenvalue weighted by atomic mass is 9.84. The van der Waals surface area contributed by atoms with E-state index in [-0.39, 0.29) is 0 Å². The van der Waals surface area contributed by atoms with Gasteiger partial charge >= 0.3 is 5.97 Å². The Morgan fingerprint density at radius 1 is 1.47 bits per heavy atom. The van der Waals surface area contributed by atoms with Crippen LogP contribution in [0.3, 0.4) is 0 Å². The highest BCUT2D eigenvalue weighted by molar-refractivity contribution is 5.73. The molecule has 1 fully saturated rings. The Morgan fingerprint density at radius 3 is 2.59 bits per heavy atom. The Balaban J connectivity index is 2.77. The number of nitrogens with zero attached hydrogens (tertiary/aromatic N) is 1. The van der Waals surface area contributed by atoms with E-state index in [2.05, 4.69) is 0 Å². The summed E-state index contributed by atoms with van der Waals surface area (Å²) in [5.74, 6) is -1.49. The van der Waals surface area contributed by atoms with E-state index in [1.54, 1.807) is 0 Å². The molecule has 0 aromatic heterocycles. The van der Waals surface area contributed by atoms with E-state index in [9.17, 15) is 9.59 Å². The van der Waals surface area contributed by atoms with Crippen LogP contribution < -0.4 is 0 Å². The normalized spacial score (nSPS) is 22.2. The number of carbonyl (C=O) groups is 2. The summed E-state index contributed by atoms with van der Waals surface area (Å²) in [6.45, 7) is 5.47. The van der Waals surface area contributed by atoms with Crippen LogP contribution in [0.2, 0.25) is 0 Å². The lowest BCUT2D eigenvalue weighted by Gasteiger charge is -2.37. The molecule has 1 radical (unpaired) electrons. The lowest BCUT2D eigenvalue weighted by molar-refractivity contribution is -0.220. The van der Waals surface area contributed by atoms with Gasteiger partial charge < -0.3 is 5.11 Å². The molecule has 17 heavy (non-hydrogen) atoms. The number of carboxylic acids is 1. The van der Waals surface area contributed by atoms with Gasteiger partial charge in [-0.3, -0.25) is 14.4 Å². The van der Waals surface area contributed by atoms with Crippen LogP contribution in [-0.2, 0) is 14.4 Å². The van der Waals surface area contributed by atoms with Crippen LogP contribution in [0, 0.1) is 12.0 Å². The molecule has 1 amide bonds. The largest absolute Gasteiger partial charge is 0.481 e. The van der Waals surface area contributed by atoms with Crippen LogP contribution in [-0.4, -0.2) is 28.2 Å². The monoisotopic (exact) mass is 242 g/mol. The number of hydroxylamine groups is 2. The molecule has 1 aliphatic carbocycles. The number of rotatable bonds is 4. The van der Waals surface area contributed by atoms with E-state index in [1.165, 1.54) is 0 Å². The van der Waals surface area contributed by atoms with Crippen LogP contribution in [0.25, 0.3) is 0 Å². The van der Waals surface area contributed by atoms with Gasteiger partial charge in [0.1, 0.15) is 6.04 Å². The molecule has 1 unspecified atom stereocenters. The first-order chi connectivity index (χ1) is 7.85. The first-order valence-corrected chi connectivity index (χ1v) is 5.87. The Morgan fingerprint density at radius 2 is 2.12 bits per heavy atom. The van der Waals surface area contributed by atoms with Crippen molar-refractivity contribution < 1.29 is 19.5 Å². The third kappa shape index (κ3) is 4.00. The van der Waals surface area contributed by atoms with Gasteiger partial charge in [-0.15, -0.1) is 0 Å². The summed E-state index contributed by atoms with van der Waals surface area (Å²) in [5, 5.41) is 10.2. The van der Waals surface area contributed by atoms with Crippen LogP contribution in [0.4, 0.5) is 0 Å². The predicted octanol–water partition coefficient (Wildman–Crippen LogP) is 1.98. The summed E-state index contributed by atoms with van der Waals surface area (Å²) in [5.41, 5.74) is -0.519. The van der Waals surface area contributed by atoms with Gasteiger partial charge in [-0.05, 0) is 33.6 Å². The predicted molar refractivity (Wildman–Crippen MR) is 61.6 cm³/mol. The average Bonchev–Trinajstić information content (AvgIpc) is 2.24. The highest BCUT2D eigenvalue weighted by atomic mass is 16.7. The molecule has 1 saturated carbocycles. The van der Waals surface area contributed by atoms with Crippen molar-refractivity contribution in [1.82, 2.24) is 5.06 Å². The van der Waals surface area contributed by atoms with Gasteiger partial charge in [0, 0.05) is 0 Å². The van der Waals surface area contributed by atoms with Crippen LogP contribution in [0.1, 0.15) is 46.5 Å². The Labute approximate surface area is 102 Å². The molecule has 0 aromatic rings. The number of carbonyl (C=O) groups excluding carboxylic acids is 1. The van der Waals surface area contributed by atoms with Crippen molar-refractivity contribution in [3.63, 3.8) is 0 Å². The SMILES string of the molecule is CC(C)(C)ON(C=O)[C]1CCCCC1C(=O)O. The van der Waals surface area contributed by atoms with Crippen molar-refractivity contribution in [3.8, 4) is 0 Å². The van der Waals surface area contributed by atoms with Gasteiger partial charge in [0.15, 0.2) is 0 Å². The molecule has 0 saturated heterocycles. The van der Waals surface area contributed by atoms with E-state index < -0.39 is 17.5 Å². The second kappa shape index (κ2) is 5.49. The maximum absolute atomic E-state index is 11.1. The molecule has 0 aromatic carbocycles. The Bertz CT molecular complexity index is 285. The summed E-state index contributed by atoms with van der Waals surface area (Å²) < 4.78 is 0. The molecule has 0 bridgehead atoms. The smallest absolute Gasteiger partial charge is 0.309 e. The second-order valence-corrected chi connectivity index (χ2v) is 5.26. The quantitative estimate of drug-likeness (QED) is 0.604. The molecule has 0 spiro atoms. The number of hydrogen-bond donors (Lipinski definition) is 1. The molecule has 1 aliphatic rings. The van der Waals surface area contributed by atoms with E-state index in [4.69, 9.17) is 9.94 Å². The van der Waals surface area contributed by atoms with Gasteiger partial charge in [-0.25, -0.2) is 5.06 Å². The Kier molecular flexibility index (Phi) is 4.51. The molecule has 5 nitrogen and oxygen atoms in total.